The molecule has 6 aromatic rings. The van der Waals surface area contributed by atoms with E-state index < -0.39 is 17.7 Å². The number of aliphatic hydroxyl groups excluding tert-OH is 1. The molecule has 1 amide bonds. The van der Waals surface area contributed by atoms with E-state index in [9.17, 15) is 14.3 Å². The van der Waals surface area contributed by atoms with E-state index in [-0.39, 0.29) is 29.9 Å². The number of aromatic nitrogens is 5. The van der Waals surface area contributed by atoms with Crippen LogP contribution < -0.4 is 4.74 Å². The van der Waals surface area contributed by atoms with Gasteiger partial charge >= 0.3 is 0 Å². The summed E-state index contributed by atoms with van der Waals surface area (Å²) in [5.74, 6) is -1.88. The highest BCUT2D eigenvalue weighted by Crippen LogP contribution is 2.47. The molecule has 5 heterocycles. The minimum atomic E-state index is -0.870. The number of halogens is 2. The fraction of sp³-hybridized carbons (Fsp3) is 0.235. The lowest BCUT2D eigenvalue weighted by atomic mass is 9.96. The minimum Gasteiger partial charge on any atom is -0.490 e. The monoisotopic (exact) mass is 640 g/mol. The zero-order chi connectivity index (χ0) is 32.3. The van der Waals surface area contributed by atoms with Crippen LogP contribution in [-0.2, 0) is 18.4 Å². The zero-order valence-corrected chi connectivity index (χ0v) is 26.2. The fourth-order valence-corrected chi connectivity index (χ4v) is 7.05. The van der Waals surface area contributed by atoms with Crippen molar-refractivity contribution in [1.29, 1.82) is 0 Å². The average molecular weight is 641 g/mol. The average Bonchev–Trinajstić information content (AvgIpc) is 3.78. The second-order valence-corrected chi connectivity index (χ2v) is 12.3. The Bertz CT molecular complexity index is 2170. The topological polar surface area (TPSA) is 98.3 Å². The van der Waals surface area contributed by atoms with Gasteiger partial charge in [-0.25, -0.2) is 18.7 Å². The first kappa shape index (κ1) is 29.8. The highest BCUT2D eigenvalue weighted by molar-refractivity contribution is 7.18. The van der Waals surface area contributed by atoms with Crippen molar-refractivity contribution in [3.05, 3.63) is 84.2 Å². The Morgan fingerprint density at radius 3 is 2.78 bits per heavy atom. The van der Waals surface area contributed by atoms with Gasteiger partial charge in [-0.3, -0.25) is 9.48 Å². The lowest BCUT2D eigenvalue weighted by Crippen LogP contribution is -2.40. The summed E-state index contributed by atoms with van der Waals surface area (Å²) in [5.41, 5.74) is 5.26. The second kappa shape index (κ2) is 11.5. The lowest BCUT2D eigenvalue weighted by Gasteiger charge is -2.33. The summed E-state index contributed by atoms with van der Waals surface area (Å²) in [6, 6.07) is 11.3. The number of carbonyl (C=O) groups excluding carboxylic acids is 1. The number of hydrogen-bond acceptors (Lipinski definition) is 7. The molecular formula is C34H30F2N6O3S. The van der Waals surface area contributed by atoms with Gasteiger partial charge < -0.3 is 19.3 Å². The van der Waals surface area contributed by atoms with Crippen LogP contribution >= 0.6 is 11.3 Å². The van der Waals surface area contributed by atoms with E-state index in [1.807, 2.05) is 58.9 Å². The highest BCUT2D eigenvalue weighted by atomic mass is 32.1. The van der Waals surface area contributed by atoms with Gasteiger partial charge in [0.05, 0.1) is 53.0 Å². The summed E-state index contributed by atoms with van der Waals surface area (Å²) < 4.78 is 40.9. The maximum Gasteiger partial charge on any atom is 0.246 e. The predicted molar refractivity (Wildman–Crippen MR) is 173 cm³/mol. The van der Waals surface area contributed by atoms with Crippen molar-refractivity contribution in [3.63, 3.8) is 0 Å². The molecule has 1 N–H and O–H groups in total. The predicted octanol–water partition coefficient (Wildman–Crippen LogP) is 6.51. The molecule has 1 aliphatic rings. The summed E-state index contributed by atoms with van der Waals surface area (Å²) in [6.07, 6.45) is 2.18. The van der Waals surface area contributed by atoms with E-state index >= 15 is 4.39 Å². The number of benzene rings is 2. The van der Waals surface area contributed by atoms with Crippen LogP contribution in [0.5, 0.6) is 5.75 Å². The van der Waals surface area contributed by atoms with Gasteiger partial charge in [-0.05, 0) is 49.6 Å². The number of imidazole rings is 1. The van der Waals surface area contributed by atoms with Crippen molar-refractivity contribution < 1.29 is 23.4 Å². The van der Waals surface area contributed by atoms with Gasteiger partial charge in [0.15, 0.2) is 0 Å². The molecule has 0 saturated carbocycles. The van der Waals surface area contributed by atoms with Crippen molar-refractivity contribution in [2.24, 2.45) is 7.05 Å². The van der Waals surface area contributed by atoms with E-state index in [0.29, 0.717) is 40.4 Å². The Labute approximate surface area is 267 Å². The highest BCUT2D eigenvalue weighted by Gasteiger charge is 2.31. The number of pyridine rings is 1. The van der Waals surface area contributed by atoms with Crippen LogP contribution in [-0.4, -0.2) is 59.5 Å². The molecule has 0 aliphatic carbocycles. The summed E-state index contributed by atoms with van der Waals surface area (Å²) in [4.78, 5) is 24.0. The van der Waals surface area contributed by atoms with Crippen LogP contribution in [0.15, 0.2) is 66.8 Å². The number of rotatable bonds is 7. The first-order chi connectivity index (χ1) is 22.1. The molecule has 9 nitrogen and oxygen atoms in total. The fourth-order valence-electron chi connectivity index (χ4n) is 6.10. The Morgan fingerprint density at radius 2 is 2.00 bits per heavy atom. The number of carbonyl (C=O) groups is 1. The molecule has 2 unspecified atom stereocenters. The van der Waals surface area contributed by atoms with E-state index in [1.54, 1.807) is 11.2 Å². The van der Waals surface area contributed by atoms with E-state index in [1.165, 1.54) is 24.3 Å². The third-order valence-corrected chi connectivity index (χ3v) is 9.25. The molecule has 12 heteroatoms. The number of thiophene rings is 1. The molecule has 0 fully saturated rings. The maximum atomic E-state index is 16.0. The largest absolute Gasteiger partial charge is 0.490 e. The first-order valence-corrected chi connectivity index (χ1v) is 15.7. The molecular weight excluding hydrogens is 610 g/mol. The molecule has 0 saturated heterocycles. The standard InChI is InChI=1S/C34H30F2N6O3S/c1-5-29(44)41-9-10-42-27(19(41)3)15-25(39-42)33-31(30-23(36)13-21(35)14-28(30)45-16-18(2)43)34-22(8-11-46-34)32(38-33)20-6-7-26-24(12-20)37-17-40(26)4/h5-8,11-15,17-19,43H,1,9-10,16H2,2-4H3. The summed E-state index contributed by atoms with van der Waals surface area (Å²) in [6.45, 7) is 7.82. The van der Waals surface area contributed by atoms with Crippen molar-refractivity contribution in [2.45, 2.75) is 32.5 Å². The molecule has 0 radical (unpaired) electrons. The molecule has 0 bridgehead atoms. The Kier molecular flexibility index (Phi) is 7.41. The van der Waals surface area contributed by atoms with E-state index in [0.717, 1.165) is 39.8 Å². The molecule has 2 atom stereocenters. The quantitative estimate of drug-likeness (QED) is 0.200. The first-order valence-electron chi connectivity index (χ1n) is 14.8. The van der Waals surface area contributed by atoms with Gasteiger partial charge in [0, 0.05) is 46.9 Å². The van der Waals surface area contributed by atoms with Gasteiger partial charge in [0.25, 0.3) is 0 Å². The van der Waals surface area contributed by atoms with Gasteiger partial charge in [0.2, 0.25) is 5.91 Å². The van der Waals surface area contributed by atoms with Crippen molar-refractivity contribution in [1.82, 2.24) is 29.2 Å². The normalized spacial score (nSPS) is 15.3. The van der Waals surface area contributed by atoms with E-state index in [4.69, 9.17) is 14.8 Å². The SMILES string of the molecule is C=CC(=O)N1CCn2nc(-c3nc(-c4ccc5c(c4)ncn5C)c4ccsc4c3-c3c(F)cc(F)cc3OCC(C)O)cc2C1C. The Morgan fingerprint density at radius 1 is 1.17 bits per heavy atom. The molecule has 7 rings (SSSR count). The van der Waals surface area contributed by atoms with Gasteiger partial charge in [-0.1, -0.05) is 12.6 Å². The Balaban J connectivity index is 1.51. The minimum absolute atomic E-state index is 0.0196. The van der Waals surface area contributed by atoms with Crippen LogP contribution in [0.1, 0.15) is 25.6 Å². The molecule has 2 aromatic carbocycles. The van der Waals surface area contributed by atoms with E-state index in [2.05, 4.69) is 11.6 Å². The third-order valence-electron chi connectivity index (χ3n) is 8.32. The number of hydrogen-bond donors (Lipinski definition) is 1. The smallest absolute Gasteiger partial charge is 0.246 e. The number of nitrogens with zero attached hydrogens (tertiary/aromatic N) is 6. The summed E-state index contributed by atoms with van der Waals surface area (Å²) in [7, 11) is 1.93. The van der Waals surface area contributed by atoms with Crippen LogP contribution in [0.2, 0.25) is 0 Å². The van der Waals surface area contributed by atoms with Gasteiger partial charge in [0.1, 0.15) is 35.4 Å². The van der Waals surface area contributed by atoms with Crippen LogP contribution in [0, 0.1) is 11.6 Å². The summed E-state index contributed by atoms with van der Waals surface area (Å²) in [5, 5.41) is 17.5. The Hall–Kier alpha value is -4.94. The summed E-state index contributed by atoms with van der Waals surface area (Å²) >= 11 is 1.40. The van der Waals surface area contributed by atoms with Crippen LogP contribution in [0.4, 0.5) is 8.78 Å². The maximum absolute atomic E-state index is 16.0. The van der Waals surface area contributed by atoms with Crippen LogP contribution in [0.3, 0.4) is 0 Å². The van der Waals surface area contributed by atoms with Gasteiger partial charge in [-0.2, -0.15) is 5.10 Å². The third kappa shape index (κ3) is 4.94. The number of ether oxygens (including phenoxy) is 1. The second-order valence-electron chi connectivity index (χ2n) is 11.4. The van der Waals surface area contributed by atoms with Crippen molar-refractivity contribution in [3.8, 4) is 39.5 Å². The number of aryl methyl sites for hydroxylation is 1. The zero-order valence-electron chi connectivity index (χ0n) is 25.4. The van der Waals surface area contributed by atoms with Crippen molar-refractivity contribution >= 4 is 38.4 Å². The lowest BCUT2D eigenvalue weighted by molar-refractivity contribution is -0.129. The molecule has 1 aliphatic heterocycles. The van der Waals surface area contributed by atoms with Crippen LogP contribution in [0.25, 0.3) is 54.9 Å². The molecule has 46 heavy (non-hydrogen) atoms. The molecule has 4 aromatic heterocycles. The molecule has 0 spiro atoms. The molecule has 234 valence electrons. The number of fused-ring (bicyclic) bond motifs is 3. The van der Waals surface area contributed by atoms with Crippen molar-refractivity contribution in [2.75, 3.05) is 13.2 Å². The number of amides is 1. The van der Waals surface area contributed by atoms with Gasteiger partial charge in [-0.15, -0.1) is 11.3 Å². The number of aliphatic hydroxyl groups is 1.